The molecule has 4 heteroatoms. The number of halogens is 1. The van der Waals surface area contributed by atoms with Gasteiger partial charge in [-0.15, -0.1) is 16.7 Å². The number of hydrogen-bond acceptors (Lipinski definition) is 2. The highest BCUT2D eigenvalue weighted by Crippen LogP contribution is 2.21. The summed E-state index contributed by atoms with van der Waals surface area (Å²) in [6, 6.07) is 8.41. The van der Waals surface area contributed by atoms with Gasteiger partial charge >= 0.3 is 0 Å². The molecule has 0 aliphatic heterocycles. The second-order valence-electron chi connectivity index (χ2n) is 4.38. The fourth-order valence-corrected chi connectivity index (χ4v) is 1.96. The zero-order chi connectivity index (χ0) is 13.0. The highest BCUT2D eigenvalue weighted by Gasteiger charge is 2.10. The Morgan fingerprint density at radius 3 is 2.56 bits per heavy atom. The summed E-state index contributed by atoms with van der Waals surface area (Å²) in [5.74, 6) is 0. The smallest absolute Gasteiger partial charge is 0.101 e. The van der Waals surface area contributed by atoms with Crippen LogP contribution in [0.5, 0.6) is 0 Å². The molecule has 0 radical (unpaired) electrons. The molecule has 1 aromatic heterocycles. The van der Waals surface area contributed by atoms with Crippen molar-refractivity contribution < 1.29 is 0 Å². The summed E-state index contributed by atoms with van der Waals surface area (Å²) in [6.45, 7) is 4.22. The second-order valence-corrected chi connectivity index (χ2v) is 4.91. The summed E-state index contributed by atoms with van der Waals surface area (Å²) < 4.78 is 1.77. The second kappa shape index (κ2) is 6.01. The van der Waals surface area contributed by atoms with Crippen LogP contribution in [0.4, 0.5) is 0 Å². The highest BCUT2D eigenvalue weighted by molar-refractivity contribution is 6.20. The van der Waals surface area contributed by atoms with Crippen molar-refractivity contribution >= 4 is 11.6 Å². The Balaban J connectivity index is 2.18. The van der Waals surface area contributed by atoms with E-state index in [1.165, 1.54) is 5.56 Å². The number of aryl methyl sites for hydroxylation is 1. The summed E-state index contributed by atoms with van der Waals surface area (Å²) in [5.41, 5.74) is 3.20. The number of aromatic nitrogens is 3. The molecule has 0 saturated carbocycles. The molecule has 1 atom stereocenters. The van der Waals surface area contributed by atoms with E-state index in [2.05, 4.69) is 41.5 Å². The van der Waals surface area contributed by atoms with Crippen LogP contribution in [-0.4, -0.2) is 15.0 Å². The van der Waals surface area contributed by atoms with Gasteiger partial charge in [0.05, 0.1) is 17.3 Å². The Labute approximate surface area is 113 Å². The zero-order valence-corrected chi connectivity index (χ0v) is 11.6. The predicted octanol–water partition coefficient (Wildman–Crippen LogP) is 3.91. The van der Waals surface area contributed by atoms with Crippen LogP contribution in [0.25, 0.3) is 5.69 Å². The van der Waals surface area contributed by atoms with Crippen LogP contribution >= 0.6 is 11.6 Å². The molecule has 1 aromatic carbocycles. The molecule has 0 bridgehead atoms. The quantitative estimate of drug-likeness (QED) is 0.766. The lowest BCUT2D eigenvalue weighted by atomic mass is 10.1. The Morgan fingerprint density at radius 1 is 1.22 bits per heavy atom. The maximum Gasteiger partial charge on any atom is 0.101 e. The predicted molar refractivity (Wildman–Crippen MR) is 74.2 cm³/mol. The Hall–Kier alpha value is -1.35. The van der Waals surface area contributed by atoms with Gasteiger partial charge in [0.1, 0.15) is 5.69 Å². The number of hydrogen-bond donors (Lipinski definition) is 0. The van der Waals surface area contributed by atoms with Gasteiger partial charge in [0.25, 0.3) is 0 Å². The van der Waals surface area contributed by atoms with Crippen LogP contribution in [0.15, 0.2) is 30.5 Å². The molecular weight excluding hydrogens is 246 g/mol. The number of benzene rings is 1. The minimum Gasteiger partial charge on any atom is -0.220 e. The summed E-state index contributed by atoms with van der Waals surface area (Å²) in [5, 5.41) is 8.16. The molecule has 2 aromatic rings. The van der Waals surface area contributed by atoms with Crippen LogP contribution in [-0.2, 0) is 6.42 Å². The first-order valence-corrected chi connectivity index (χ1v) is 6.83. The summed E-state index contributed by atoms with van der Waals surface area (Å²) in [6.07, 6.45) is 5.03. The third-order valence-electron chi connectivity index (χ3n) is 2.93. The largest absolute Gasteiger partial charge is 0.220 e. The summed E-state index contributed by atoms with van der Waals surface area (Å²) in [7, 11) is 0. The van der Waals surface area contributed by atoms with E-state index >= 15 is 0 Å². The van der Waals surface area contributed by atoms with Crippen LogP contribution < -0.4 is 0 Å². The van der Waals surface area contributed by atoms with E-state index in [-0.39, 0.29) is 5.38 Å². The van der Waals surface area contributed by atoms with E-state index in [4.69, 9.17) is 11.6 Å². The molecule has 0 fully saturated rings. The van der Waals surface area contributed by atoms with Crippen molar-refractivity contribution in [3.63, 3.8) is 0 Å². The van der Waals surface area contributed by atoms with Crippen LogP contribution in [0.1, 0.15) is 43.3 Å². The van der Waals surface area contributed by atoms with Crippen LogP contribution in [0.3, 0.4) is 0 Å². The molecule has 3 nitrogen and oxygen atoms in total. The van der Waals surface area contributed by atoms with Gasteiger partial charge in [-0.3, -0.25) is 0 Å². The first-order chi connectivity index (χ1) is 8.74. The van der Waals surface area contributed by atoms with Crippen LogP contribution in [0, 0.1) is 0 Å². The molecule has 0 aliphatic carbocycles. The van der Waals surface area contributed by atoms with Crippen LogP contribution in [0.2, 0.25) is 0 Å². The zero-order valence-electron chi connectivity index (χ0n) is 10.8. The monoisotopic (exact) mass is 263 g/mol. The molecule has 96 valence electrons. The van der Waals surface area contributed by atoms with E-state index in [9.17, 15) is 0 Å². The lowest BCUT2D eigenvalue weighted by Gasteiger charge is -2.02. The summed E-state index contributed by atoms with van der Waals surface area (Å²) in [4.78, 5) is 0. The van der Waals surface area contributed by atoms with E-state index in [0.717, 1.165) is 30.6 Å². The molecule has 2 rings (SSSR count). The van der Waals surface area contributed by atoms with E-state index in [1.807, 2.05) is 13.1 Å². The van der Waals surface area contributed by atoms with E-state index in [0.29, 0.717) is 0 Å². The normalized spacial score (nSPS) is 12.6. The first-order valence-electron chi connectivity index (χ1n) is 6.40. The standard InChI is InChI=1S/C14H18ClN3/c1-3-5-11-6-8-12(9-7-11)18-10-14(16-17-18)13(15)4-2/h6-10,13H,3-5H2,1-2H3. The van der Waals surface area contributed by atoms with Gasteiger partial charge in [0, 0.05) is 0 Å². The average Bonchev–Trinajstić information content (AvgIpc) is 2.89. The number of rotatable bonds is 5. The van der Waals surface area contributed by atoms with Gasteiger partial charge in [-0.05, 0) is 30.5 Å². The molecular formula is C14H18ClN3. The van der Waals surface area contributed by atoms with Crippen molar-refractivity contribution in [1.82, 2.24) is 15.0 Å². The van der Waals surface area contributed by atoms with Gasteiger partial charge in [-0.2, -0.15) is 0 Å². The highest BCUT2D eigenvalue weighted by atomic mass is 35.5. The molecule has 0 N–H and O–H groups in total. The number of alkyl halides is 1. The summed E-state index contributed by atoms with van der Waals surface area (Å²) >= 11 is 6.14. The molecule has 0 spiro atoms. The molecule has 1 heterocycles. The molecule has 0 saturated heterocycles. The average molecular weight is 264 g/mol. The third-order valence-corrected chi connectivity index (χ3v) is 3.46. The van der Waals surface area contributed by atoms with Gasteiger partial charge in [-0.25, -0.2) is 4.68 Å². The molecule has 0 aliphatic rings. The van der Waals surface area contributed by atoms with E-state index in [1.54, 1.807) is 4.68 Å². The van der Waals surface area contributed by atoms with Crippen molar-refractivity contribution in [3.8, 4) is 5.69 Å². The van der Waals surface area contributed by atoms with E-state index < -0.39 is 0 Å². The minimum absolute atomic E-state index is 0.0573. The van der Waals surface area contributed by atoms with Crippen molar-refractivity contribution in [2.24, 2.45) is 0 Å². The Morgan fingerprint density at radius 2 is 1.94 bits per heavy atom. The fraction of sp³-hybridized carbons (Fsp3) is 0.429. The fourth-order valence-electron chi connectivity index (χ4n) is 1.86. The maximum absolute atomic E-state index is 6.14. The van der Waals surface area contributed by atoms with Crippen molar-refractivity contribution in [2.75, 3.05) is 0 Å². The molecule has 18 heavy (non-hydrogen) atoms. The van der Waals surface area contributed by atoms with Gasteiger partial charge < -0.3 is 0 Å². The third kappa shape index (κ3) is 2.91. The Bertz CT molecular complexity index is 490. The SMILES string of the molecule is CCCc1ccc(-n2cc(C(Cl)CC)nn2)cc1. The minimum atomic E-state index is -0.0573. The van der Waals surface area contributed by atoms with Gasteiger partial charge in [-0.1, -0.05) is 37.6 Å². The van der Waals surface area contributed by atoms with Crippen molar-refractivity contribution in [3.05, 3.63) is 41.7 Å². The van der Waals surface area contributed by atoms with Crippen molar-refractivity contribution in [1.29, 1.82) is 0 Å². The number of nitrogens with zero attached hydrogens (tertiary/aromatic N) is 3. The first kappa shape index (κ1) is 13.1. The Kier molecular flexibility index (Phi) is 4.37. The lowest BCUT2D eigenvalue weighted by molar-refractivity contribution is 0.785. The maximum atomic E-state index is 6.14. The topological polar surface area (TPSA) is 30.7 Å². The van der Waals surface area contributed by atoms with Crippen molar-refractivity contribution in [2.45, 2.75) is 38.5 Å². The van der Waals surface area contributed by atoms with Gasteiger partial charge in [0.2, 0.25) is 0 Å². The molecule has 0 amide bonds. The molecule has 1 unspecified atom stereocenters. The lowest BCUT2D eigenvalue weighted by Crippen LogP contribution is -1.95. The van der Waals surface area contributed by atoms with Gasteiger partial charge in [0.15, 0.2) is 0 Å².